The van der Waals surface area contributed by atoms with Crippen LogP contribution in [0.1, 0.15) is 26.3 Å². The number of carbonyl (C=O) groups excluding carboxylic acids is 1. The molecule has 1 N–H and O–H groups in total. The third kappa shape index (κ3) is 6.37. The van der Waals surface area contributed by atoms with Crippen LogP contribution in [0.4, 0.5) is 4.79 Å². The summed E-state index contributed by atoms with van der Waals surface area (Å²) in [7, 11) is 0. The summed E-state index contributed by atoms with van der Waals surface area (Å²) in [5.74, 6) is 5.64. The smallest absolute Gasteiger partial charge is 0.408 e. The number of halogens is 2. The van der Waals surface area contributed by atoms with Gasteiger partial charge in [-0.15, -0.1) is 0 Å². The molecule has 0 saturated heterocycles. The fourth-order valence-corrected chi connectivity index (χ4v) is 1.62. The number of rotatable bonds is 1. The number of ether oxygens (including phenoxy) is 1. The average molecular weight is 300 g/mol. The number of nitrogens with one attached hydrogen (secondary N) is 1. The summed E-state index contributed by atoms with van der Waals surface area (Å²) in [5.41, 5.74) is 0.147. The van der Waals surface area contributed by atoms with Gasteiger partial charge in [0, 0.05) is 10.6 Å². The molecule has 3 nitrogen and oxygen atoms in total. The summed E-state index contributed by atoms with van der Waals surface area (Å²) in [6.45, 7) is 5.58. The molecule has 102 valence electrons. The van der Waals surface area contributed by atoms with Gasteiger partial charge in [-0.2, -0.15) is 0 Å². The van der Waals surface area contributed by atoms with Crippen molar-refractivity contribution in [3.8, 4) is 11.8 Å². The maximum atomic E-state index is 11.3. The van der Waals surface area contributed by atoms with Gasteiger partial charge in [0.2, 0.25) is 0 Å². The molecule has 0 atom stereocenters. The second-order valence-corrected chi connectivity index (χ2v) is 5.63. The molecule has 1 aromatic rings. The lowest BCUT2D eigenvalue weighted by Gasteiger charge is -2.18. The van der Waals surface area contributed by atoms with Crippen molar-refractivity contribution in [2.45, 2.75) is 26.4 Å². The Balaban J connectivity index is 2.50. The Morgan fingerprint density at radius 2 is 2.05 bits per heavy atom. The van der Waals surface area contributed by atoms with Gasteiger partial charge in [0.05, 0.1) is 11.6 Å². The molecule has 0 aliphatic heterocycles. The van der Waals surface area contributed by atoms with Gasteiger partial charge in [0.1, 0.15) is 5.60 Å². The van der Waals surface area contributed by atoms with Gasteiger partial charge in [0.15, 0.2) is 0 Å². The number of alkyl carbamates (subject to hydrolysis) is 1. The molecule has 0 heterocycles. The lowest BCUT2D eigenvalue weighted by atomic mass is 10.2. The zero-order valence-corrected chi connectivity index (χ0v) is 12.5. The topological polar surface area (TPSA) is 38.3 Å². The highest BCUT2D eigenvalue weighted by atomic mass is 35.5. The van der Waals surface area contributed by atoms with Gasteiger partial charge >= 0.3 is 6.09 Å². The van der Waals surface area contributed by atoms with Crippen molar-refractivity contribution in [2.24, 2.45) is 0 Å². The van der Waals surface area contributed by atoms with Crippen molar-refractivity contribution >= 4 is 29.3 Å². The first kappa shape index (κ1) is 15.7. The van der Waals surface area contributed by atoms with Crippen LogP contribution in [0.25, 0.3) is 0 Å². The molecule has 19 heavy (non-hydrogen) atoms. The number of benzene rings is 1. The standard InChI is InChI=1S/C14H15Cl2NO2/c1-14(2,3)19-13(18)17-8-4-5-10-6-7-11(15)9-12(10)16/h6-7,9H,8H2,1-3H3,(H,17,18). The van der Waals surface area contributed by atoms with Crippen LogP contribution in [0, 0.1) is 11.8 Å². The Labute approximate surface area is 123 Å². The zero-order valence-electron chi connectivity index (χ0n) is 11.0. The molecular weight excluding hydrogens is 285 g/mol. The number of amides is 1. The predicted molar refractivity (Wildman–Crippen MR) is 77.6 cm³/mol. The van der Waals surface area contributed by atoms with Crippen molar-refractivity contribution in [3.63, 3.8) is 0 Å². The molecule has 0 bridgehead atoms. The Bertz CT molecular complexity index is 524. The molecule has 0 unspecified atom stereocenters. The van der Waals surface area contributed by atoms with Gasteiger partial charge < -0.3 is 10.1 Å². The van der Waals surface area contributed by atoms with Crippen molar-refractivity contribution < 1.29 is 9.53 Å². The van der Waals surface area contributed by atoms with Crippen molar-refractivity contribution in [1.29, 1.82) is 0 Å². The third-order valence-corrected chi connectivity index (χ3v) is 2.42. The van der Waals surface area contributed by atoms with Crippen LogP contribution in [-0.4, -0.2) is 18.2 Å². The second kappa shape index (κ2) is 6.70. The largest absolute Gasteiger partial charge is 0.444 e. The predicted octanol–water partition coefficient (Wildman–Crippen LogP) is 3.87. The summed E-state index contributed by atoms with van der Waals surface area (Å²) in [5, 5.41) is 3.58. The van der Waals surface area contributed by atoms with Crippen LogP contribution in [0.5, 0.6) is 0 Å². The molecule has 0 aromatic heterocycles. The van der Waals surface area contributed by atoms with Gasteiger partial charge in [-0.05, 0) is 39.0 Å². The van der Waals surface area contributed by atoms with E-state index in [0.717, 1.165) is 0 Å². The van der Waals surface area contributed by atoms with Crippen LogP contribution < -0.4 is 5.32 Å². The fraction of sp³-hybridized carbons (Fsp3) is 0.357. The molecular formula is C14H15Cl2NO2. The Morgan fingerprint density at radius 3 is 2.63 bits per heavy atom. The molecule has 0 aliphatic rings. The molecule has 0 radical (unpaired) electrons. The average Bonchev–Trinajstić information content (AvgIpc) is 2.24. The van der Waals surface area contributed by atoms with E-state index < -0.39 is 11.7 Å². The van der Waals surface area contributed by atoms with E-state index in [1.54, 1.807) is 39.0 Å². The molecule has 0 spiro atoms. The van der Waals surface area contributed by atoms with Crippen molar-refractivity contribution in [2.75, 3.05) is 6.54 Å². The van der Waals surface area contributed by atoms with E-state index in [4.69, 9.17) is 27.9 Å². The molecule has 5 heteroatoms. The van der Waals surface area contributed by atoms with Crippen molar-refractivity contribution in [1.82, 2.24) is 5.32 Å². The van der Waals surface area contributed by atoms with Gasteiger partial charge in [-0.25, -0.2) is 4.79 Å². The second-order valence-electron chi connectivity index (χ2n) is 4.78. The van der Waals surface area contributed by atoms with E-state index in [9.17, 15) is 4.79 Å². The zero-order chi connectivity index (χ0) is 14.5. The Hall–Kier alpha value is -1.37. The minimum absolute atomic E-state index is 0.188. The Morgan fingerprint density at radius 1 is 1.37 bits per heavy atom. The first-order chi connectivity index (χ1) is 8.78. The van der Waals surface area contributed by atoms with Crippen LogP contribution in [-0.2, 0) is 4.74 Å². The maximum Gasteiger partial charge on any atom is 0.408 e. The molecule has 1 aromatic carbocycles. The quantitative estimate of drug-likeness (QED) is 0.800. The maximum absolute atomic E-state index is 11.3. The first-order valence-corrected chi connectivity index (χ1v) is 6.44. The van der Waals surface area contributed by atoms with Crippen LogP contribution in [0.2, 0.25) is 10.0 Å². The summed E-state index contributed by atoms with van der Waals surface area (Å²) in [6, 6.07) is 5.05. The van der Waals surface area contributed by atoms with E-state index >= 15 is 0 Å². The first-order valence-electron chi connectivity index (χ1n) is 5.69. The number of carbonyl (C=O) groups is 1. The molecule has 0 aliphatic carbocycles. The van der Waals surface area contributed by atoms with E-state index in [1.165, 1.54) is 0 Å². The number of hydrogen-bond acceptors (Lipinski definition) is 2. The fourth-order valence-electron chi connectivity index (χ4n) is 1.16. The van der Waals surface area contributed by atoms with Crippen molar-refractivity contribution in [3.05, 3.63) is 33.8 Å². The molecule has 1 amide bonds. The van der Waals surface area contributed by atoms with Gasteiger partial charge in [0.25, 0.3) is 0 Å². The lowest BCUT2D eigenvalue weighted by Crippen LogP contribution is -2.32. The summed E-state index contributed by atoms with van der Waals surface area (Å²) in [6.07, 6.45) is -0.496. The highest BCUT2D eigenvalue weighted by molar-refractivity contribution is 6.35. The Kier molecular flexibility index (Phi) is 5.53. The van der Waals surface area contributed by atoms with E-state index in [1.807, 2.05) is 0 Å². The highest BCUT2D eigenvalue weighted by Gasteiger charge is 2.14. The minimum Gasteiger partial charge on any atom is -0.444 e. The van der Waals surface area contributed by atoms with E-state index in [0.29, 0.717) is 15.6 Å². The normalized spacial score (nSPS) is 10.4. The van der Waals surface area contributed by atoms with Crippen LogP contribution in [0.3, 0.4) is 0 Å². The monoisotopic (exact) mass is 299 g/mol. The van der Waals surface area contributed by atoms with E-state index in [2.05, 4.69) is 17.2 Å². The number of hydrogen-bond donors (Lipinski definition) is 1. The SMILES string of the molecule is CC(C)(C)OC(=O)NCC#Cc1ccc(Cl)cc1Cl. The summed E-state index contributed by atoms with van der Waals surface area (Å²) < 4.78 is 5.07. The molecule has 1 rings (SSSR count). The summed E-state index contributed by atoms with van der Waals surface area (Å²) >= 11 is 11.7. The molecule has 0 fully saturated rings. The lowest BCUT2D eigenvalue weighted by molar-refractivity contribution is 0.0535. The minimum atomic E-state index is -0.517. The third-order valence-electron chi connectivity index (χ3n) is 1.87. The van der Waals surface area contributed by atoms with E-state index in [-0.39, 0.29) is 6.54 Å². The highest BCUT2D eigenvalue weighted by Crippen LogP contribution is 2.19. The summed E-state index contributed by atoms with van der Waals surface area (Å²) in [4.78, 5) is 11.3. The molecule has 0 saturated carbocycles. The van der Waals surface area contributed by atoms with Crippen LogP contribution >= 0.6 is 23.2 Å². The van der Waals surface area contributed by atoms with Gasteiger partial charge in [-0.3, -0.25) is 0 Å². The van der Waals surface area contributed by atoms with Gasteiger partial charge in [-0.1, -0.05) is 35.0 Å². The van der Waals surface area contributed by atoms with Crippen LogP contribution in [0.15, 0.2) is 18.2 Å².